The van der Waals surface area contributed by atoms with Crippen LogP contribution in [0, 0.1) is 0 Å². The highest BCUT2D eigenvalue weighted by Crippen LogP contribution is 2.24. The molecule has 16 heavy (non-hydrogen) atoms. The predicted molar refractivity (Wildman–Crippen MR) is 61.2 cm³/mol. The lowest BCUT2D eigenvalue weighted by molar-refractivity contribution is -0.119. The van der Waals surface area contributed by atoms with E-state index in [1.165, 1.54) is 5.56 Å². The summed E-state index contributed by atoms with van der Waals surface area (Å²) >= 11 is 0. The number of nitrogens with one attached hydrogen (secondary N) is 2. The number of hydrogen-bond acceptors (Lipinski definition) is 4. The Kier molecular flexibility index (Phi) is 3.34. The van der Waals surface area contributed by atoms with E-state index in [1.807, 2.05) is 6.92 Å². The van der Waals surface area contributed by atoms with Gasteiger partial charge in [0.2, 0.25) is 5.91 Å². The number of nitrogens with zero attached hydrogens (tertiary/aromatic N) is 2. The van der Waals surface area contributed by atoms with Gasteiger partial charge in [-0.3, -0.25) is 4.79 Å². The van der Waals surface area contributed by atoms with Gasteiger partial charge in [-0.25, -0.2) is 9.97 Å². The molecule has 0 spiro atoms. The molecule has 0 aromatic carbocycles. The van der Waals surface area contributed by atoms with Crippen LogP contribution in [0.2, 0.25) is 0 Å². The summed E-state index contributed by atoms with van der Waals surface area (Å²) in [6, 6.07) is 0. The number of likely N-dealkylation sites (N-methyl/N-ethyl adjacent to an activating group) is 1. The topological polar surface area (TPSA) is 66.9 Å². The number of rotatable bonds is 4. The van der Waals surface area contributed by atoms with Crippen LogP contribution in [0.3, 0.4) is 0 Å². The Balaban J connectivity index is 2.00. The highest BCUT2D eigenvalue weighted by molar-refractivity contribution is 5.80. The normalized spacial score (nSPS) is 13.3. The van der Waals surface area contributed by atoms with E-state index in [4.69, 9.17) is 0 Å². The Morgan fingerprint density at radius 1 is 1.44 bits per heavy atom. The van der Waals surface area contributed by atoms with Gasteiger partial charge in [-0.2, -0.15) is 0 Å². The molecule has 1 aromatic heterocycles. The third-order valence-electron chi connectivity index (χ3n) is 2.67. The van der Waals surface area contributed by atoms with Gasteiger partial charge in [0.15, 0.2) is 0 Å². The first-order valence-electron chi connectivity index (χ1n) is 5.64. The third-order valence-corrected chi connectivity index (χ3v) is 2.67. The fraction of sp³-hybridized carbons (Fsp3) is 0.545. The van der Waals surface area contributed by atoms with Gasteiger partial charge >= 0.3 is 0 Å². The van der Waals surface area contributed by atoms with Crippen LogP contribution in [0.1, 0.15) is 24.6 Å². The maximum absolute atomic E-state index is 11.3. The molecular formula is C11H16N4O. The molecule has 0 atom stereocenters. The molecule has 0 bridgehead atoms. The number of anilines is 1. The van der Waals surface area contributed by atoms with Crippen molar-refractivity contribution >= 4 is 11.7 Å². The highest BCUT2D eigenvalue weighted by Gasteiger charge is 2.16. The Morgan fingerprint density at radius 3 is 3.12 bits per heavy atom. The van der Waals surface area contributed by atoms with Crippen molar-refractivity contribution in [1.82, 2.24) is 15.3 Å². The smallest absolute Gasteiger partial charge is 0.239 e. The summed E-state index contributed by atoms with van der Waals surface area (Å²) in [6.45, 7) is 2.83. The lowest BCUT2D eigenvalue weighted by Crippen LogP contribution is -2.29. The van der Waals surface area contributed by atoms with Crippen LogP contribution in [0.5, 0.6) is 0 Å². The Morgan fingerprint density at radius 2 is 2.31 bits per heavy atom. The summed E-state index contributed by atoms with van der Waals surface area (Å²) in [5.41, 5.74) is 2.29. The Hall–Kier alpha value is -1.65. The molecule has 0 aliphatic heterocycles. The molecule has 0 unspecified atom stereocenters. The van der Waals surface area contributed by atoms with Gasteiger partial charge in [0, 0.05) is 17.8 Å². The number of hydrogen-bond donors (Lipinski definition) is 2. The Labute approximate surface area is 94.7 Å². The molecule has 5 heteroatoms. The molecule has 1 heterocycles. The lowest BCUT2D eigenvalue weighted by Gasteiger charge is -2.08. The summed E-state index contributed by atoms with van der Waals surface area (Å²) in [4.78, 5) is 19.7. The van der Waals surface area contributed by atoms with Crippen molar-refractivity contribution in [1.29, 1.82) is 0 Å². The molecule has 86 valence electrons. The van der Waals surface area contributed by atoms with Gasteiger partial charge in [-0.15, -0.1) is 0 Å². The molecular weight excluding hydrogens is 204 g/mol. The van der Waals surface area contributed by atoms with Gasteiger partial charge in [-0.05, 0) is 26.2 Å². The van der Waals surface area contributed by atoms with Crippen LogP contribution in [0.15, 0.2) is 6.33 Å². The van der Waals surface area contributed by atoms with Crippen LogP contribution in [-0.4, -0.2) is 29.0 Å². The average Bonchev–Trinajstić information content (AvgIpc) is 2.75. The fourth-order valence-corrected chi connectivity index (χ4v) is 1.94. The highest BCUT2D eigenvalue weighted by atomic mass is 16.1. The molecule has 2 rings (SSSR count). The SMILES string of the molecule is CCNC(=O)CNc1ncnc2c1CCC2. The van der Waals surface area contributed by atoms with Crippen molar-refractivity contribution in [2.45, 2.75) is 26.2 Å². The second-order valence-electron chi connectivity index (χ2n) is 3.81. The molecule has 1 aliphatic rings. The van der Waals surface area contributed by atoms with Crippen LogP contribution in [0.4, 0.5) is 5.82 Å². The standard InChI is InChI=1S/C11H16N4O/c1-2-12-10(16)6-13-11-8-4-3-5-9(8)14-7-15-11/h7H,2-6H2,1H3,(H,12,16)(H,13,14,15). The summed E-state index contributed by atoms with van der Waals surface area (Å²) in [7, 11) is 0. The zero-order valence-electron chi connectivity index (χ0n) is 9.42. The molecule has 1 amide bonds. The molecule has 2 N–H and O–H groups in total. The van der Waals surface area contributed by atoms with Crippen molar-refractivity contribution in [2.75, 3.05) is 18.4 Å². The number of carbonyl (C=O) groups excluding carboxylic acids is 1. The zero-order chi connectivity index (χ0) is 11.4. The van der Waals surface area contributed by atoms with E-state index in [0.29, 0.717) is 6.54 Å². The van der Waals surface area contributed by atoms with Crippen LogP contribution < -0.4 is 10.6 Å². The number of aryl methyl sites for hydroxylation is 1. The van der Waals surface area contributed by atoms with Gasteiger partial charge in [0.25, 0.3) is 0 Å². The molecule has 0 radical (unpaired) electrons. The number of aromatic nitrogens is 2. The maximum atomic E-state index is 11.3. The van der Waals surface area contributed by atoms with Gasteiger partial charge < -0.3 is 10.6 Å². The van der Waals surface area contributed by atoms with Gasteiger partial charge in [0.05, 0.1) is 6.54 Å². The van der Waals surface area contributed by atoms with E-state index in [1.54, 1.807) is 6.33 Å². The van der Waals surface area contributed by atoms with Crippen LogP contribution in [-0.2, 0) is 17.6 Å². The molecule has 0 fully saturated rings. The quantitative estimate of drug-likeness (QED) is 0.776. The summed E-state index contributed by atoms with van der Waals surface area (Å²) in [5, 5.41) is 5.81. The summed E-state index contributed by atoms with van der Waals surface area (Å²) in [5.74, 6) is 0.807. The monoisotopic (exact) mass is 220 g/mol. The van der Waals surface area contributed by atoms with Crippen molar-refractivity contribution in [3.63, 3.8) is 0 Å². The molecule has 1 aliphatic carbocycles. The van der Waals surface area contributed by atoms with Crippen molar-refractivity contribution in [2.24, 2.45) is 0 Å². The summed E-state index contributed by atoms with van der Waals surface area (Å²) in [6.07, 6.45) is 4.72. The minimum absolute atomic E-state index is 0.00661. The minimum Gasteiger partial charge on any atom is -0.361 e. The maximum Gasteiger partial charge on any atom is 0.239 e. The number of amides is 1. The number of carbonyl (C=O) groups is 1. The van der Waals surface area contributed by atoms with E-state index < -0.39 is 0 Å². The second-order valence-corrected chi connectivity index (χ2v) is 3.81. The zero-order valence-corrected chi connectivity index (χ0v) is 9.42. The van der Waals surface area contributed by atoms with E-state index >= 15 is 0 Å². The van der Waals surface area contributed by atoms with Crippen molar-refractivity contribution in [3.05, 3.63) is 17.6 Å². The third kappa shape index (κ3) is 2.29. The first-order valence-corrected chi connectivity index (χ1v) is 5.64. The van der Waals surface area contributed by atoms with E-state index in [0.717, 1.165) is 30.8 Å². The van der Waals surface area contributed by atoms with E-state index in [-0.39, 0.29) is 12.5 Å². The molecule has 0 saturated heterocycles. The minimum atomic E-state index is -0.00661. The molecule has 5 nitrogen and oxygen atoms in total. The second kappa shape index (κ2) is 4.92. The van der Waals surface area contributed by atoms with Crippen LogP contribution in [0.25, 0.3) is 0 Å². The molecule has 0 saturated carbocycles. The van der Waals surface area contributed by atoms with Gasteiger partial charge in [-0.1, -0.05) is 0 Å². The van der Waals surface area contributed by atoms with Crippen LogP contribution >= 0.6 is 0 Å². The summed E-state index contributed by atoms with van der Waals surface area (Å²) < 4.78 is 0. The average molecular weight is 220 g/mol. The predicted octanol–water partition coefficient (Wildman–Crippen LogP) is 0.513. The van der Waals surface area contributed by atoms with E-state index in [2.05, 4.69) is 20.6 Å². The number of fused-ring (bicyclic) bond motifs is 1. The van der Waals surface area contributed by atoms with E-state index in [9.17, 15) is 4.79 Å². The van der Waals surface area contributed by atoms with Crippen molar-refractivity contribution < 1.29 is 4.79 Å². The molecule has 1 aromatic rings. The first-order chi connectivity index (χ1) is 7.81. The Bertz CT molecular complexity index is 392. The van der Waals surface area contributed by atoms with Gasteiger partial charge in [0.1, 0.15) is 12.1 Å². The first kappa shape index (κ1) is 10.9. The van der Waals surface area contributed by atoms with Crippen molar-refractivity contribution in [3.8, 4) is 0 Å². The largest absolute Gasteiger partial charge is 0.361 e. The fourth-order valence-electron chi connectivity index (χ4n) is 1.94. The lowest BCUT2D eigenvalue weighted by atomic mass is 10.2.